The van der Waals surface area contributed by atoms with Crippen LogP contribution in [0.4, 0.5) is 0 Å². The summed E-state index contributed by atoms with van der Waals surface area (Å²) >= 11 is 0. The zero-order valence-electron chi connectivity index (χ0n) is 32.6. The molecule has 0 aromatic carbocycles. The van der Waals surface area contributed by atoms with E-state index in [0.717, 1.165) is 70.6 Å². The Morgan fingerprint density at radius 3 is 1.53 bits per heavy atom. The highest BCUT2D eigenvalue weighted by atomic mass is 16.6. The Balaban J connectivity index is 4.54. The van der Waals surface area contributed by atoms with Crippen molar-refractivity contribution in [2.45, 2.75) is 168 Å². The highest BCUT2D eigenvalue weighted by Crippen LogP contribution is 2.13. The molecule has 1 unspecified atom stereocenters. The van der Waals surface area contributed by atoms with E-state index in [9.17, 15) is 14.4 Å². The van der Waals surface area contributed by atoms with Crippen molar-refractivity contribution < 1.29 is 28.6 Å². The lowest BCUT2D eigenvalue weighted by atomic mass is 10.1. The quantitative estimate of drug-likeness (QED) is 0.0218. The highest BCUT2D eigenvalue weighted by molar-refractivity contribution is 5.72. The van der Waals surface area contributed by atoms with Crippen LogP contribution in [0.3, 0.4) is 0 Å². The van der Waals surface area contributed by atoms with Gasteiger partial charge < -0.3 is 14.2 Å². The molecule has 0 saturated carbocycles. The molecule has 0 saturated heterocycles. The second-order valence-corrected chi connectivity index (χ2v) is 12.9. The summed E-state index contributed by atoms with van der Waals surface area (Å²) in [6.45, 7) is 6.20. The van der Waals surface area contributed by atoms with E-state index >= 15 is 0 Å². The molecule has 0 aromatic heterocycles. The van der Waals surface area contributed by atoms with Gasteiger partial charge in [-0.3, -0.25) is 14.4 Å². The molecule has 0 N–H and O–H groups in total. The maximum absolute atomic E-state index is 12.6. The lowest BCUT2D eigenvalue weighted by Gasteiger charge is -2.18. The SMILES string of the molecule is CC\C=C/C=C\C=C/C=C\CCCCCC(=O)OCC(COC(=O)C/C=C\C/C=C\C/C=C\CC)OC(=O)CCCCCCCCCCCCC. The molecule has 0 aliphatic carbocycles. The molecule has 6 heteroatoms. The molecule has 0 aliphatic rings. The smallest absolute Gasteiger partial charge is 0.309 e. The fourth-order valence-corrected chi connectivity index (χ4v) is 5.04. The minimum absolute atomic E-state index is 0.124. The van der Waals surface area contributed by atoms with Crippen molar-refractivity contribution in [1.82, 2.24) is 0 Å². The Morgan fingerprint density at radius 2 is 0.922 bits per heavy atom. The van der Waals surface area contributed by atoms with Crippen LogP contribution >= 0.6 is 0 Å². The van der Waals surface area contributed by atoms with Gasteiger partial charge in [0.15, 0.2) is 6.10 Å². The summed E-state index contributed by atoms with van der Waals surface area (Å²) in [4.78, 5) is 37.4. The first kappa shape index (κ1) is 47.6. The Morgan fingerprint density at radius 1 is 0.451 bits per heavy atom. The van der Waals surface area contributed by atoms with E-state index in [2.05, 4.69) is 57.2 Å². The van der Waals surface area contributed by atoms with Crippen LogP contribution in [0.1, 0.15) is 162 Å². The molecular weight excluding hydrogens is 636 g/mol. The number of carbonyl (C=O) groups excluding carboxylic acids is 3. The number of esters is 3. The van der Waals surface area contributed by atoms with Gasteiger partial charge in [-0.15, -0.1) is 0 Å². The average molecular weight is 709 g/mol. The third-order valence-corrected chi connectivity index (χ3v) is 8.02. The van der Waals surface area contributed by atoms with Crippen LogP contribution in [0.15, 0.2) is 85.1 Å². The predicted octanol–water partition coefficient (Wildman–Crippen LogP) is 12.5. The van der Waals surface area contributed by atoms with E-state index < -0.39 is 12.1 Å². The van der Waals surface area contributed by atoms with Crippen molar-refractivity contribution in [2.75, 3.05) is 13.2 Å². The average Bonchev–Trinajstić information content (AvgIpc) is 3.12. The fourth-order valence-electron chi connectivity index (χ4n) is 5.04. The van der Waals surface area contributed by atoms with Crippen molar-refractivity contribution in [3.63, 3.8) is 0 Å². The van der Waals surface area contributed by atoms with Gasteiger partial charge in [-0.05, 0) is 51.4 Å². The maximum Gasteiger partial charge on any atom is 0.309 e. The number of rotatable bonds is 34. The van der Waals surface area contributed by atoms with Crippen molar-refractivity contribution in [3.8, 4) is 0 Å². The Labute approximate surface area is 312 Å². The number of ether oxygens (including phenoxy) is 3. The standard InChI is InChI=1S/C45H72O6/c1-4-7-10-13-16-19-21-22-24-26-29-32-35-38-44(47)50-41-42(40-49-43(46)37-34-31-28-25-18-15-12-9-6-3)51-45(48)39-36-33-30-27-23-20-17-14-11-8-5-2/h7,9-10,12-13,16,18-19,21-22,24-25,31,34,42H,4-6,8,11,14-15,17,20,23,26-30,32-33,35-41H2,1-3H3/b10-7-,12-9-,16-13-,21-19-,24-22-,25-18-,34-31-. The Bertz CT molecular complexity index is 1040. The Hall–Kier alpha value is -3.41. The molecule has 0 fully saturated rings. The molecule has 288 valence electrons. The van der Waals surface area contributed by atoms with E-state index in [1.54, 1.807) is 6.08 Å². The minimum Gasteiger partial charge on any atom is -0.462 e. The van der Waals surface area contributed by atoms with E-state index in [4.69, 9.17) is 14.2 Å². The summed E-state index contributed by atoms with van der Waals surface area (Å²) in [5.74, 6) is -1.10. The van der Waals surface area contributed by atoms with E-state index in [-0.39, 0.29) is 31.6 Å². The minimum atomic E-state index is -0.822. The van der Waals surface area contributed by atoms with Gasteiger partial charge in [-0.25, -0.2) is 0 Å². The second-order valence-electron chi connectivity index (χ2n) is 12.9. The summed E-state index contributed by atoms with van der Waals surface area (Å²) in [7, 11) is 0. The van der Waals surface area contributed by atoms with Crippen LogP contribution in [-0.4, -0.2) is 37.2 Å². The largest absolute Gasteiger partial charge is 0.462 e. The lowest BCUT2D eigenvalue weighted by Crippen LogP contribution is -2.30. The molecule has 0 spiro atoms. The number of allylic oxidation sites excluding steroid dienone is 13. The molecule has 0 aliphatic heterocycles. The van der Waals surface area contributed by atoms with Crippen LogP contribution in [-0.2, 0) is 28.6 Å². The topological polar surface area (TPSA) is 78.9 Å². The van der Waals surface area contributed by atoms with Crippen molar-refractivity contribution in [1.29, 1.82) is 0 Å². The van der Waals surface area contributed by atoms with Crippen LogP contribution in [0, 0.1) is 0 Å². The molecule has 0 radical (unpaired) electrons. The van der Waals surface area contributed by atoms with Gasteiger partial charge in [-0.1, -0.05) is 176 Å². The summed E-state index contributed by atoms with van der Waals surface area (Å²) in [6, 6.07) is 0. The molecular formula is C45H72O6. The second kappa shape index (κ2) is 39.4. The first-order valence-electron chi connectivity index (χ1n) is 20.1. The van der Waals surface area contributed by atoms with Gasteiger partial charge in [0, 0.05) is 12.8 Å². The monoisotopic (exact) mass is 709 g/mol. The highest BCUT2D eigenvalue weighted by Gasteiger charge is 2.19. The van der Waals surface area contributed by atoms with Crippen LogP contribution in [0.25, 0.3) is 0 Å². The molecule has 51 heavy (non-hydrogen) atoms. The maximum atomic E-state index is 12.6. The molecule has 6 nitrogen and oxygen atoms in total. The normalized spacial score (nSPS) is 12.9. The number of hydrogen-bond acceptors (Lipinski definition) is 6. The number of unbranched alkanes of at least 4 members (excludes halogenated alkanes) is 13. The number of hydrogen-bond donors (Lipinski definition) is 0. The summed E-state index contributed by atoms with van der Waals surface area (Å²) in [5.41, 5.74) is 0. The van der Waals surface area contributed by atoms with Crippen molar-refractivity contribution in [2.24, 2.45) is 0 Å². The summed E-state index contributed by atoms with van der Waals surface area (Å²) in [5, 5.41) is 0. The van der Waals surface area contributed by atoms with Gasteiger partial charge in [0.25, 0.3) is 0 Å². The van der Waals surface area contributed by atoms with Crippen LogP contribution < -0.4 is 0 Å². The van der Waals surface area contributed by atoms with Gasteiger partial charge >= 0.3 is 17.9 Å². The van der Waals surface area contributed by atoms with Gasteiger partial charge in [-0.2, -0.15) is 0 Å². The van der Waals surface area contributed by atoms with Crippen LogP contribution in [0.2, 0.25) is 0 Å². The molecule has 0 amide bonds. The first-order chi connectivity index (χ1) is 25.0. The molecule has 0 aromatic rings. The zero-order chi connectivity index (χ0) is 37.3. The lowest BCUT2D eigenvalue weighted by molar-refractivity contribution is -0.166. The van der Waals surface area contributed by atoms with Crippen molar-refractivity contribution in [3.05, 3.63) is 85.1 Å². The summed E-state index contributed by atoms with van der Waals surface area (Å²) in [6.07, 6.45) is 48.9. The number of carbonyl (C=O) groups is 3. The molecule has 0 rings (SSSR count). The van der Waals surface area contributed by atoms with Crippen molar-refractivity contribution >= 4 is 17.9 Å². The Kier molecular flexibility index (Phi) is 36.7. The van der Waals surface area contributed by atoms with Gasteiger partial charge in [0.1, 0.15) is 13.2 Å². The molecule has 0 heterocycles. The first-order valence-corrected chi connectivity index (χ1v) is 20.1. The van der Waals surface area contributed by atoms with E-state index in [1.165, 1.54) is 51.4 Å². The fraction of sp³-hybridized carbons (Fsp3) is 0.622. The molecule has 1 atom stereocenters. The van der Waals surface area contributed by atoms with E-state index in [0.29, 0.717) is 12.8 Å². The van der Waals surface area contributed by atoms with Gasteiger partial charge in [0.05, 0.1) is 6.42 Å². The van der Waals surface area contributed by atoms with E-state index in [1.807, 2.05) is 42.5 Å². The third-order valence-electron chi connectivity index (χ3n) is 8.02. The third kappa shape index (κ3) is 37.7. The molecule has 0 bridgehead atoms. The predicted molar refractivity (Wildman–Crippen MR) is 214 cm³/mol. The van der Waals surface area contributed by atoms with Crippen LogP contribution in [0.5, 0.6) is 0 Å². The van der Waals surface area contributed by atoms with Gasteiger partial charge in [0.2, 0.25) is 0 Å². The summed E-state index contributed by atoms with van der Waals surface area (Å²) < 4.78 is 16.5. The zero-order valence-corrected chi connectivity index (χ0v) is 32.6.